The highest BCUT2D eigenvalue weighted by Gasteiger charge is 2.41. The largest absolute Gasteiger partial charge is 0.354 e. The zero-order chi connectivity index (χ0) is 25.6. The van der Waals surface area contributed by atoms with Crippen LogP contribution < -0.4 is 10.6 Å². The number of rotatable bonds is 9. The highest BCUT2D eigenvalue weighted by molar-refractivity contribution is 5.99. The molecule has 0 bridgehead atoms. The number of alkyl halides is 2. The SMILES string of the molecule is CC(F)(F)c1ccccc1Nc1ccc(CNC(=O)C2(CC(=O)c3cncnc3)CCCCC2)nc1. The van der Waals surface area contributed by atoms with Crippen LogP contribution in [0.25, 0.3) is 0 Å². The van der Waals surface area contributed by atoms with E-state index in [1.54, 1.807) is 36.5 Å². The number of pyridine rings is 1. The summed E-state index contributed by atoms with van der Waals surface area (Å²) in [5.41, 5.74) is 1.03. The molecule has 0 spiro atoms. The first kappa shape index (κ1) is 25.3. The van der Waals surface area contributed by atoms with Crippen LogP contribution in [-0.2, 0) is 17.3 Å². The van der Waals surface area contributed by atoms with Crippen LogP contribution in [0.4, 0.5) is 20.2 Å². The lowest BCUT2D eigenvalue weighted by molar-refractivity contribution is -0.133. The van der Waals surface area contributed by atoms with Gasteiger partial charge in [-0.15, -0.1) is 0 Å². The van der Waals surface area contributed by atoms with E-state index in [0.29, 0.717) is 35.5 Å². The Morgan fingerprint density at radius 1 is 1.00 bits per heavy atom. The van der Waals surface area contributed by atoms with Gasteiger partial charge in [-0.1, -0.05) is 37.5 Å². The van der Waals surface area contributed by atoms with Crippen molar-refractivity contribution in [1.29, 1.82) is 0 Å². The molecule has 2 aromatic heterocycles. The number of Topliss-reactive ketones (excluding diaryl/α,β-unsaturated/α-hetero) is 1. The Labute approximate surface area is 208 Å². The van der Waals surface area contributed by atoms with Gasteiger partial charge >= 0.3 is 0 Å². The molecule has 2 N–H and O–H groups in total. The first-order chi connectivity index (χ1) is 17.3. The lowest BCUT2D eigenvalue weighted by Crippen LogP contribution is -2.43. The van der Waals surface area contributed by atoms with E-state index in [9.17, 15) is 18.4 Å². The number of hydrogen-bond acceptors (Lipinski definition) is 6. The number of anilines is 2. The van der Waals surface area contributed by atoms with Crippen molar-refractivity contribution in [3.63, 3.8) is 0 Å². The fourth-order valence-electron chi connectivity index (χ4n) is 4.66. The minimum atomic E-state index is -2.98. The number of nitrogens with one attached hydrogen (secondary N) is 2. The number of hydrogen-bond donors (Lipinski definition) is 2. The van der Waals surface area contributed by atoms with Gasteiger partial charge in [-0.05, 0) is 31.0 Å². The minimum absolute atomic E-state index is 0.101. The Kier molecular flexibility index (Phi) is 7.67. The van der Waals surface area contributed by atoms with Gasteiger partial charge in [-0.25, -0.2) is 18.7 Å². The van der Waals surface area contributed by atoms with Crippen LogP contribution in [0, 0.1) is 5.41 Å². The summed E-state index contributed by atoms with van der Waals surface area (Å²) < 4.78 is 27.8. The van der Waals surface area contributed by atoms with Crippen LogP contribution in [0.2, 0.25) is 0 Å². The van der Waals surface area contributed by atoms with Gasteiger partial charge in [0, 0.05) is 37.0 Å². The summed E-state index contributed by atoms with van der Waals surface area (Å²) in [7, 11) is 0. The minimum Gasteiger partial charge on any atom is -0.354 e. The number of para-hydroxylation sites is 1. The Hall–Kier alpha value is -3.75. The third-order valence-corrected chi connectivity index (χ3v) is 6.61. The van der Waals surface area contributed by atoms with Gasteiger partial charge in [0.25, 0.3) is 5.92 Å². The van der Waals surface area contributed by atoms with E-state index >= 15 is 0 Å². The van der Waals surface area contributed by atoms with Crippen LogP contribution in [0.15, 0.2) is 61.3 Å². The molecule has 4 rings (SSSR count). The molecule has 2 heterocycles. The van der Waals surface area contributed by atoms with Crippen molar-refractivity contribution in [3.05, 3.63) is 78.1 Å². The van der Waals surface area contributed by atoms with Crippen LogP contribution in [0.1, 0.15) is 67.1 Å². The molecule has 188 valence electrons. The third kappa shape index (κ3) is 6.08. The second kappa shape index (κ2) is 10.9. The van der Waals surface area contributed by atoms with Crippen molar-refractivity contribution >= 4 is 23.1 Å². The van der Waals surface area contributed by atoms with Gasteiger partial charge in [-0.3, -0.25) is 14.6 Å². The standard InChI is InChI=1S/C27H29F2N5O2/c1-26(28,29)22-7-3-4-8-23(22)34-21-10-9-20(32-17-21)16-33-25(36)27(11-5-2-6-12-27)13-24(35)19-14-30-18-31-15-19/h3-4,7-10,14-15,17-18,34H,2,5-6,11-13,16H2,1H3,(H,33,36). The van der Waals surface area contributed by atoms with Gasteiger partial charge in [0.1, 0.15) is 6.33 Å². The van der Waals surface area contributed by atoms with E-state index in [1.807, 2.05) is 0 Å². The zero-order valence-corrected chi connectivity index (χ0v) is 20.1. The first-order valence-corrected chi connectivity index (χ1v) is 12.0. The van der Waals surface area contributed by atoms with Crippen LogP contribution in [0.3, 0.4) is 0 Å². The molecule has 1 aliphatic carbocycles. The molecule has 0 unspecified atom stereocenters. The number of aromatic nitrogens is 3. The van der Waals surface area contributed by atoms with Gasteiger partial charge in [-0.2, -0.15) is 0 Å². The van der Waals surface area contributed by atoms with Crippen LogP contribution in [0.5, 0.6) is 0 Å². The molecule has 7 nitrogen and oxygen atoms in total. The summed E-state index contributed by atoms with van der Waals surface area (Å²) in [6.07, 6.45) is 10.1. The molecule has 0 radical (unpaired) electrons. The number of carbonyl (C=O) groups excluding carboxylic acids is 2. The van der Waals surface area contributed by atoms with Gasteiger partial charge in [0.05, 0.1) is 35.1 Å². The number of ketones is 1. The number of halogens is 2. The predicted octanol–water partition coefficient (Wildman–Crippen LogP) is 5.57. The molecule has 1 amide bonds. The van der Waals surface area contributed by atoms with Gasteiger partial charge < -0.3 is 10.6 Å². The van der Waals surface area contributed by atoms with Gasteiger partial charge in [0.2, 0.25) is 5.91 Å². The number of benzene rings is 1. The van der Waals surface area contributed by atoms with E-state index in [0.717, 1.165) is 26.2 Å². The number of carbonyl (C=O) groups is 2. The van der Waals surface area contributed by atoms with Gasteiger partial charge in [0.15, 0.2) is 5.78 Å². The molecule has 1 aliphatic rings. The first-order valence-electron chi connectivity index (χ1n) is 12.0. The fraction of sp³-hybridized carbons (Fsp3) is 0.370. The molecule has 1 saturated carbocycles. The lowest BCUT2D eigenvalue weighted by atomic mass is 9.69. The predicted molar refractivity (Wildman–Crippen MR) is 132 cm³/mol. The molecule has 1 aromatic carbocycles. The number of amides is 1. The third-order valence-electron chi connectivity index (χ3n) is 6.61. The molecular formula is C27H29F2N5O2. The molecule has 36 heavy (non-hydrogen) atoms. The van der Waals surface area contributed by atoms with Crippen LogP contribution >= 0.6 is 0 Å². The summed E-state index contributed by atoms with van der Waals surface area (Å²) in [4.78, 5) is 38.3. The van der Waals surface area contributed by atoms with Crippen molar-refractivity contribution in [1.82, 2.24) is 20.3 Å². The van der Waals surface area contributed by atoms with Crippen molar-refractivity contribution in [3.8, 4) is 0 Å². The summed E-state index contributed by atoms with van der Waals surface area (Å²) in [5, 5.41) is 5.95. The van der Waals surface area contributed by atoms with E-state index < -0.39 is 11.3 Å². The quantitative estimate of drug-likeness (QED) is 0.379. The molecule has 3 aromatic rings. The molecular weight excluding hydrogens is 464 g/mol. The topological polar surface area (TPSA) is 96.9 Å². The van der Waals surface area contributed by atoms with Crippen LogP contribution in [-0.4, -0.2) is 26.6 Å². The van der Waals surface area contributed by atoms with E-state index in [2.05, 4.69) is 25.6 Å². The average Bonchev–Trinajstić information content (AvgIpc) is 2.89. The zero-order valence-electron chi connectivity index (χ0n) is 20.1. The smallest absolute Gasteiger partial charge is 0.272 e. The van der Waals surface area contributed by atoms with Crippen molar-refractivity contribution < 1.29 is 18.4 Å². The normalized spacial score (nSPS) is 15.2. The number of nitrogens with zero attached hydrogens (tertiary/aromatic N) is 3. The average molecular weight is 494 g/mol. The molecule has 9 heteroatoms. The second-order valence-electron chi connectivity index (χ2n) is 9.35. The van der Waals surface area contributed by atoms with E-state index in [1.165, 1.54) is 24.8 Å². The summed E-state index contributed by atoms with van der Waals surface area (Å²) in [6.45, 7) is 1.06. The molecule has 0 atom stereocenters. The van der Waals surface area contributed by atoms with Crippen molar-refractivity contribution in [2.45, 2.75) is 57.9 Å². The second-order valence-corrected chi connectivity index (χ2v) is 9.35. The van der Waals surface area contributed by atoms with E-state index in [4.69, 9.17) is 0 Å². The molecule has 0 saturated heterocycles. The highest BCUT2D eigenvalue weighted by Crippen LogP contribution is 2.40. The monoisotopic (exact) mass is 493 g/mol. The van der Waals surface area contributed by atoms with Crippen molar-refractivity contribution in [2.24, 2.45) is 5.41 Å². The Balaban J connectivity index is 1.40. The summed E-state index contributed by atoms with van der Waals surface area (Å²) in [5.74, 6) is -3.28. The highest BCUT2D eigenvalue weighted by atomic mass is 19.3. The maximum absolute atomic E-state index is 13.9. The molecule has 1 fully saturated rings. The Morgan fingerprint density at radius 3 is 2.39 bits per heavy atom. The maximum atomic E-state index is 13.9. The maximum Gasteiger partial charge on any atom is 0.272 e. The lowest BCUT2D eigenvalue weighted by Gasteiger charge is -2.35. The fourth-order valence-corrected chi connectivity index (χ4v) is 4.66. The summed E-state index contributed by atoms with van der Waals surface area (Å²) >= 11 is 0. The molecule has 0 aliphatic heterocycles. The van der Waals surface area contributed by atoms with Crippen molar-refractivity contribution in [2.75, 3.05) is 5.32 Å². The summed E-state index contributed by atoms with van der Waals surface area (Å²) in [6, 6.07) is 9.70. The Bertz CT molecular complexity index is 1190. The van der Waals surface area contributed by atoms with E-state index in [-0.39, 0.29) is 30.2 Å². The Morgan fingerprint density at radius 2 is 1.72 bits per heavy atom.